The van der Waals surface area contributed by atoms with Gasteiger partial charge in [0.2, 0.25) is 5.91 Å². The average Bonchev–Trinajstić information content (AvgIpc) is 3.15. The normalized spacial score (nSPS) is 15.2. The maximum Gasteiger partial charge on any atom is 0.318 e. The molecule has 276 valence electrons. The van der Waals surface area contributed by atoms with Crippen molar-refractivity contribution in [3.8, 4) is 0 Å². The number of ether oxygens (including phenoxy) is 3. The lowest BCUT2D eigenvalue weighted by Gasteiger charge is -2.32. The van der Waals surface area contributed by atoms with E-state index in [1.54, 1.807) is 20.8 Å². The van der Waals surface area contributed by atoms with Crippen LogP contribution in [0.1, 0.15) is 45.2 Å². The van der Waals surface area contributed by atoms with Crippen LogP contribution in [0.3, 0.4) is 0 Å². The molecule has 1 N–H and O–H groups in total. The van der Waals surface area contributed by atoms with Gasteiger partial charge in [-0.05, 0) is 31.9 Å². The second kappa shape index (κ2) is 22.2. The molecule has 0 radical (unpaired) electrons. The van der Waals surface area contributed by atoms with Crippen LogP contribution in [0.2, 0.25) is 0 Å². The zero-order valence-electron chi connectivity index (χ0n) is 29.4. The van der Waals surface area contributed by atoms with Gasteiger partial charge in [-0.2, -0.15) is 0 Å². The standard InChI is InChI=1S/C18H22N2O5.C12H14O4.C6H10N2O2/c1-3-19-9-10-20(17(23)16(19)22)15(21)11-13(2)18(24)25-12-14-7-5-4-6-8-14;1-10(7-15-9-13)12(14)16-8-11-5-3-2-4-6-11;1-2-8-4-3-7-5(9)6(8)10/h4-8,13H,3,9-12H2,1-2H3;2-6,9-10H,7-8H2,1H3;2-4H2,1H3,(H,7,9)/t13-;10-;/m00./s1. The molecule has 15 nitrogen and oxygen atoms in total. The van der Waals surface area contributed by atoms with Gasteiger partial charge in [-0.15, -0.1) is 0 Å². The number of carbonyl (C=O) groups is 8. The molecule has 2 aliphatic rings. The lowest BCUT2D eigenvalue weighted by Crippen LogP contribution is -2.56. The molecular weight excluding hydrogens is 664 g/mol. The maximum atomic E-state index is 12.3. The van der Waals surface area contributed by atoms with Gasteiger partial charge in [-0.25, -0.2) is 0 Å². The third-order valence-electron chi connectivity index (χ3n) is 7.67. The average molecular weight is 711 g/mol. The van der Waals surface area contributed by atoms with E-state index in [2.05, 4.69) is 10.1 Å². The van der Waals surface area contributed by atoms with E-state index in [9.17, 15) is 38.4 Å². The summed E-state index contributed by atoms with van der Waals surface area (Å²) in [7, 11) is 0. The minimum Gasteiger partial charge on any atom is -0.467 e. The predicted octanol–water partition coefficient (Wildman–Crippen LogP) is 1.48. The Hall–Kier alpha value is -5.60. The van der Waals surface area contributed by atoms with Crippen LogP contribution in [0.25, 0.3) is 0 Å². The van der Waals surface area contributed by atoms with E-state index in [0.29, 0.717) is 39.2 Å². The minimum atomic E-state index is -0.831. The molecule has 2 aromatic rings. The zero-order valence-corrected chi connectivity index (χ0v) is 29.4. The number of hydrogen-bond acceptors (Lipinski definition) is 11. The van der Waals surface area contributed by atoms with Crippen LogP contribution in [-0.4, -0.2) is 109 Å². The molecule has 0 aliphatic carbocycles. The molecule has 2 aliphatic heterocycles. The number of nitrogens with zero attached hydrogens (tertiary/aromatic N) is 3. The summed E-state index contributed by atoms with van der Waals surface area (Å²) < 4.78 is 14.7. The molecule has 0 unspecified atom stereocenters. The van der Waals surface area contributed by atoms with Crippen molar-refractivity contribution in [1.29, 1.82) is 0 Å². The number of amides is 5. The summed E-state index contributed by atoms with van der Waals surface area (Å²) in [4.78, 5) is 94.8. The fraction of sp³-hybridized carbons (Fsp3) is 0.444. The number of nitrogens with one attached hydrogen (secondary N) is 1. The SMILES string of the molecule is CCN1CCN(C(=O)C[C@H](C)C(=O)OCc2ccccc2)C(=O)C1=O.CCN1CCNC(=O)C1=O.C[C@@H](COC=O)C(=O)OCc1ccccc1. The topological polar surface area (TPSA) is 186 Å². The Kier molecular flexibility index (Phi) is 18.1. The van der Waals surface area contributed by atoms with E-state index < -0.39 is 47.3 Å². The van der Waals surface area contributed by atoms with E-state index >= 15 is 0 Å². The molecule has 0 spiro atoms. The Bertz CT molecular complexity index is 1490. The first-order valence-electron chi connectivity index (χ1n) is 16.6. The van der Waals surface area contributed by atoms with Crippen molar-refractivity contribution in [2.45, 2.75) is 47.3 Å². The Labute approximate surface area is 297 Å². The van der Waals surface area contributed by atoms with Crippen LogP contribution in [0.4, 0.5) is 0 Å². The molecular formula is C36H46N4O11. The molecule has 0 bridgehead atoms. The first kappa shape index (κ1) is 41.6. The van der Waals surface area contributed by atoms with Crippen LogP contribution >= 0.6 is 0 Å². The highest BCUT2D eigenvalue weighted by Gasteiger charge is 2.36. The summed E-state index contributed by atoms with van der Waals surface area (Å²) in [5.74, 6) is -4.93. The van der Waals surface area contributed by atoms with Crippen molar-refractivity contribution in [1.82, 2.24) is 20.0 Å². The minimum absolute atomic E-state index is 0.0527. The summed E-state index contributed by atoms with van der Waals surface area (Å²) in [5.41, 5.74) is 1.78. The highest BCUT2D eigenvalue weighted by atomic mass is 16.5. The Balaban J connectivity index is 0.000000295. The number of benzene rings is 2. The fourth-order valence-corrected chi connectivity index (χ4v) is 4.59. The third-order valence-corrected chi connectivity index (χ3v) is 7.67. The van der Waals surface area contributed by atoms with Gasteiger partial charge in [0.15, 0.2) is 0 Å². The van der Waals surface area contributed by atoms with E-state index in [4.69, 9.17) is 9.47 Å². The van der Waals surface area contributed by atoms with Gasteiger partial charge in [0.05, 0.1) is 11.8 Å². The maximum absolute atomic E-state index is 12.3. The second-order valence-corrected chi connectivity index (χ2v) is 11.5. The molecule has 2 aromatic carbocycles. The number of hydrogen-bond donors (Lipinski definition) is 1. The van der Waals surface area contributed by atoms with Gasteiger partial charge in [0, 0.05) is 45.7 Å². The molecule has 4 rings (SSSR count). The lowest BCUT2D eigenvalue weighted by molar-refractivity contribution is -0.162. The number of piperazine rings is 2. The summed E-state index contributed by atoms with van der Waals surface area (Å²) in [5, 5.41) is 2.47. The van der Waals surface area contributed by atoms with Gasteiger partial charge >= 0.3 is 35.6 Å². The first-order chi connectivity index (χ1) is 24.4. The Morgan fingerprint density at radius 2 is 1.24 bits per heavy atom. The highest BCUT2D eigenvalue weighted by Crippen LogP contribution is 2.13. The van der Waals surface area contributed by atoms with Crippen LogP contribution < -0.4 is 5.32 Å². The van der Waals surface area contributed by atoms with Crippen molar-refractivity contribution in [2.24, 2.45) is 11.8 Å². The van der Waals surface area contributed by atoms with Gasteiger partial charge in [0.25, 0.3) is 6.47 Å². The number of imide groups is 1. The van der Waals surface area contributed by atoms with Crippen molar-refractivity contribution >= 4 is 47.9 Å². The molecule has 15 heteroatoms. The van der Waals surface area contributed by atoms with Gasteiger partial charge in [-0.1, -0.05) is 67.6 Å². The van der Waals surface area contributed by atoms with Crippen molar-refractivity contribution < 1.29 is 52.6 Å². The fourth-order valence-electron chi connectivity index (χ4n) is 4.59. The van der Waals surface area contributed by atoms with Crippen molar-refractivity contribution in [3.05, 3.63) is 71.8 Å². The van der Waals surface area contributed by atoms with E-state index in [1.807, 2.05) is 67.6 Å². The molecule has 2 atom stereocenters. The molecule has 51 heavy (non-hydrogen) atoms. The second-order valence-electron chi connectivity index (χ2n) is 11.5. The Morgan fingerprint density at radius 3 is 1.73 bits per heavy atom. The smallest absolute Gasteiger partial charge is 0.318 e. The summed E-state index contributed by atoms with van der Waals surface area (Å²) >= 11 is 0. The molecule has 0 aromatic heterocycles. The monoisotopic (exact) mass is 710 g/mol. The predicted molar refractivity (Wildman–Crippen MR) is 182 cm³/mol. The quantitative estimate of drug-likeness (QED) is 0.137. The van der Waals surface area contributed by atoms with E-state index in [-0.39, 0.29) is 38.8 Å². The summed E-state index contributed by atoms with van der Waals surface area (Å²) in [6, 6.07) is 18.6. The number of esters is 2. The van der Waals surface area contributed by atoms with Crippen LogP contribution in [-0.2, 0) is 65.8 Å². The van der Waals surface area contributed by atoms with Crippen LogP contribution in [0.5, 0.6) is 0 Å². The van der Waals surface area contributed by atoms with E-state index in [0.717, 1.165) is 16.0 Å². The van der Waals surface area contributed by atoms with Gasteiger partial charge in [0.1, 0.15) is 19.8 Å². The lowest BCUT2D eigenvalue weighted by atomic mass is 10.1. The number of likely N-dealkylation sites (N-methyl/N-ethyl adjacent to an activating group) is 2. The van der Waals surface area contributed by atoms with Crippen LogP contribution in [0.15, 0.2) is 60.7 Å². The molecule has 2 saturated heterocycles. The van der Waals surface area contributed by atoms with Gasteiger partial charge in [-0.3, -0.25) is 43.3 Å². The summed E-state index contributed by atoms with van der Waals surface area (Å²) in [6.07, 6.45) is -0.168. The number of carbonyl (C=O) groups excluding carboxylic acids is 8. The molecule has 0 saturated carbocycles. The van der Waals surface area contributed by atoms with Crippen molar-refractivity contribution in [3.63, 3.8) is 0 Å². The zero-order chi connectivity index (χ0) is 37.8. The molecule has 2 heterocycles. The van der Waals surface area contributed by atoms with Gasteiger partial charge < -0.3 is 29.3 Å². The molecule has 5 amide bonds. The first-order valence-corrected chi connectivity index (χ1v) is 16.6. The van der Waals surface area contributed by atoms with Crippen molar-refractivity contribution in [2.75, 3.05) is 45.9 Å². The largest absolute Gasteiger partial charge is 0.467 e. The van der Waals surface area contributed by atoms with Crippen LogP contribution in [0, 0.1) is 11.8 Å². The third kappa shape index (κ3) is 14.0. The van der Waals surface area contributed by atoms with E-state index in [1.165, 1.54) is 9.80 Å². The number of rotatable bonds is 13. The Morgan fingerprint density at radius 1 is 0.725 bits per heavy atom. The summed E-state index contributed by atoms with van der Waals surface area (Å²) in [6.45, 7) is 10.3. The molecule has 2 fully saturated rings. The highest BCUT2D eigenvalue weighted by molar-refractivity contribution is 6.38.